The van der Waals surface area contributed by atoms with E-state index in [1.165, 1.54) is 23.1 Å². The number of hydrogen-bond donors (Lipinski definition) is 1. The van der Waals surface area contributed by atoms with Crippen LogP contribution in [0.15, 0.2) is 22.7 Å². The lowest BCUT2D eigenvalue weighted by molar-refractivity contribution is -0.384. The maximum Gasteiger partial charge on any atom is 0.308 e. The third-order valence-corrected chi connectivity index (χ3v) is 4.11. The van der Waals surface area contributed by atoms with E-state index in [2.05, 4.69) is 15.9 Å². The van der Waals surface area contributed by atoms with E-state index < -0.39 is 16.8 Å². The van der Waals surface area contributed by atoms with Gasteiger partial charge in [0.25, 0.3) is 11.6 Å². The summed E-state index contributed by atoms with van der Waals surface area (Å²) < 4.78 is 0.333. The summed E-state index contributed by atoms with van der Waals surface area (Å²) in [5.41, 5.74) is 0.187. The Balaban J connectivity index is 2.20. The van der Waals surface area contributed by atoms with Gasteiger partial charge in [-0.2, -0.15) is 0 Å². The first-order valence-corrected chi connectivity index (χ1v) is 7.15. The van der Waals surface area contributed by atoms with Gasteiger partial charge in [0.2, 0.25) is 0 Å². The smallest absolute Gasteiger partial charge is 0.308 e. The summed E-state index contributed by atoms with van der Waals surface area (Å²) in [4.78, 5) is 35.0. The van der Waals surface area contributed by atoms with Gasteiger partial charge in [0.1, 0.15) is 0 Å². The third kappa shape index (κ3) is 3.38. The van der Waals surface area contributed by atoms with Crippen molar-refractivity contribution in [3.05, 3.63) is 38.3 Å². The highest BCUT2D eigenvalue weighted by Gasteiger charge is 2.29. The van der Waals surface area contributed by atoms with E-state index in [1.54, 1.807) is 0 Å². The third-order valence-electron chi connectivity index (χ3n) is 3.45. The Morgan fingerprint density at radius 1 is 1.43 bits per heavy atom. The molecule has 0 aliphatic carbocycles. The number of likely N-dealkylation sites (tertiary alicyclic amines) is 1. The van der Waals surface area contributed by atoms with Crippen LogP contribution in [0.3, 0.4) is 0 Å². The fourth-order valence-electron chi connectivity index (χ4n) is 2.32. The summed E-state index contributed by atoms with van der Waals surface area (Å²) in [6.07, 6.45) is 1.19. The molecule has 1 fully saturated rings. The minimum atomic E-state index is -0.907. The Kier molecular flexibility index (Phi) is 4.56. The van der Waals surface area contributed by atoms with Crippen molar-refractivity contribution in [3.63, 3.8) is 0 Å². The topological polar surface area (TPSA) is 101 Å². The van der Waals surface area contributed by atoms with Gasteiger partial charge in [-0.3, -0.25) is 19.7 Å². The van der Waals surface area contributed by atoms with Gasteiger partial charge in [0.15, 0.2) is 0 Å². The van der Waals surface area contributed by atoms with E-state index >= 15 is 0 Å². The van der Waals surface area contributed by atoms with E-state index in [1.807, 2.05) is 0 Å². The average Bonchev–Trinajstić information content (AvgIpc) is 2.46. The van der Waals surface area contributed by atoms with Crippen molar-refractivity contribution in [2.45, 2.75) is 12.8 Å². The highest BCUT2D eigenvalue weighted by atomic mass is 79.9. The summed E-state index contributed by atoms with van der Waals surface area (Å²) in [7, 11) is 0. The van der Waals surface area contributed by atoms with Gasteiger partial charge in [0.05, 0.1) is 16.4 Å². The molecule has 1 saturated heterocycles. The summed E-state index contributed by atoms with van der Waals surface area (Å²) in [6.45, 7) is 0.656. The number of halogens is 1. The number of carbonyl (C=O) groups is 2. The van der Waals surface area contributed by atoms with Crippen LogP contribution in [0.1, 0.15) is 23.2 Å². The van der Waals surface area contributed by atoms with Crippen molar-refractivity contribution in [1.29, 1.82) is 0 Å². The second-order valence-corrected chi connectivity index (χ2v) is 5.70. The van der Waals surface area contributed by atoms with Gasteiger partial charge < -0.3 is 10.0 Å². The fourth-order valence-corrected chi connectivity index (χ4v) is 2.86. The number of piperidine rings is 1. The van der Waals surface area contributed by atoms with Crippen molar-refractivity contribution in [1.82, 2.24) is 4.90 Å². The molecule has 112 valence electrons. The highest BCUT2D eigenvalue weighted by Crippen LogP contribution is 2.26. The summed E-state index contributed by atoms with van der Waals surface area (Å²) >= 11 is 3.16. The average molecular weight is 357 g/mol. The second kappa shape index (κ2) is 6.21. The zero-order valence-electron chi connectivity index (χ0n) is 11.0. The molecule has 1 atom stereocenters. The van der Waals surface area contributed by atoms with Crippen LogP contribution in [0.25, 0.3) is 0 Å². The van der Waals surface area contributed by atoms with Crippen molar-refractivity contribution < 1.29 is 19.6 Å². The molecule has 0 bridgehead atoms. The molecule has 1 heterocycles. The van der Waals surface area contributed by atoms with Gasteiger partial charge >= 0.3 is 5.97 Å². The van der Waals surface area contributed by atoms with Crippen LogP contribution in [-0.4, -0.2) is 39.9 Å². The number of aliphatic carboxylic acids is 1. The quantitative estimate of drug-likeness (QED) is 0.661. The minimum Gasteiger partial charge on any atom is -0.481 e. The molecule has 0 aromatic heterocycles. The van der Waals surface area contributed by atoms with Gasteiger partial charge in [-0.05, 0) is 34.8 Å². The number of carboxylic acids is 1. The molecule has 0 spiro atoms. The van der Waals surface area contributed by atoms with Crippen LogP contribution < -0.4 is 0 Å². The largest absolute Gasteiger partial charge is 0.481 e. The number of carbonyl (C=O) groups excluding carboxylic acids is 1. The number of nitro groups is 1. The first kappa shape index (κ1) is 15.4. The van der Waals surface area contributed by atoms with Gasteiger partial charge in [-0.1, -0.05) is 0 Å². The molecule has 1 aromatic rings. The molecular formula is C13H13BrN2O5. The van der Waals surface area contributed by atoms with Gasteiger partial charge in [-0.15, -0.1) is 0 Å². The lowest BCUT2D eigenvalue weighted by Crippen LogP contribution is -2.42. The van der Waals surface area contributed by atoms with Crippen LogP contribution in [-0.2, 0) is 4.79 Å². The van der Waals surface area contributed by atoms with Crippen molar-refractivity contribution >= 4 is 33.5 Å². The number of benzene rings is 1. The molecule has 1 aliphatic heterocycles. The Labute approximate surface area is 128 Å². The normalized spacial score (nSPS) is 18.3. The van der Waals surface area contributed by atoms with E-state index in [-0.39, 0.29) is 18.1 Å². The van der Waals surface area contributed by atoms with E-state index in [0.717, 1.165) is 0 Å². The van der Waals surface area contributed by atoms with Crippen LogP contribution in [0, 0.1) is 16.0 Å². The molecule has 1 unspecified atom stereocenters. The molecule has 8 heteroatoms. The van der Waals surface area contributed by atoms with Crippen LogP contribution in [0.2, 0.25) is 0 Å². The maximum absolute atomic E-state index is 12.4. The van der Waals surface area contributed by atoms with E-state index in [0.29, 0.717) is 29.4 Å². The zero-order chi connectivity index (χ0) is 15.6. The second-order valence-electron chi connectivity index (χ2n) is 4.85. The van der Waals surface area contributed by atoms with E-state index in [9.17, 15) is 19.7 Å². The number of nitro benzene ring substituents is 1. The van der Waals surface area contributed by atoms with Crippen molar-refractivity contribution in [2.75, 3.05) is 13.1 Å². The Morgan fingerprint density at radius 3 is 2.71 bits per heavy atom. The number of nitrogens with zero attached hydrogens (tertiary/aromatic N) is 2. The molecule has 1 N–H and O–H groups in total. The van der Waals surface area contributed by atoms with Gasteiger partial charge in [0, 0.05) is 29.7 Å². The fraction of sp³-hybridized carbons (Fsp3) is 0.385. The molecule has 7 nitrogen and oxygen atoms in total. The molecule has 0 saturated carbocycles. The standard InChI is InChI=1S/C13H13BrN2O5/c14-11-6-9(16(20)21)3-4-10(11)12(17)15-5-1-2-8(7-15)13(18)19/h3-4,6,8H,1-2,5,7H2,(H,18,19). The molecule has 1 aliphatic rings. The zero-order valence-corrected chi connectivity index (χ0v) is 12.6. The highest BCUT2D eigenvalue weighted by molar-refractivity contribution is 9.10. The van der Waals surface area contributed by atoms with E-state index in [4.69, 9.17) is 5.11 Å². The Bertz CT molecular complexity index is 604. The summed E-state index contributed by atoms with van der Waals surface area (Å²) in [5.74, 6) is -1.78. The lowest BCUT2D eigenvalue weighted by atomic mass is 9.97. The number of hydrogen-bond acceptors (Lipinski definition) is 4. The molecule has 1 amide bonds. The monoisotopic (exact) mass is 356 g/mol. The molecule has 21 heavy (non-hydrogen) atoms. The molecule has 2 rings (SSSR count). The number of amides is 1. The SMILES string of the molecule is O=C(O)C1CCCN(C(=O)c2ccc([N+](=O)[O-])cc2Br)C1. The number of non-ortho nitro benzene ring substituents is 1. The first-order valence-electron chi connectivity index (χ1n) is 6.36. The molecule has 0 radical (unpaired) electrons. The Morgan fingerprint density at radius 2 is 2.14 bits per heavy atom. The minimum absolute atomic E-state index is 0.111. The maximum atomic E-state index is 12.4. The van der Waals surface area contributed by atoms with Crippen molar-refractivity contribution in [3.8, 4) is 0 Å². The number of rotatable bonds is 3. The first-order chi connectivity index (χ1) is 9.90. The van der Waals surface area contributed by atoms with Gasteiger partial charge in [-0.25, -0.2) is 0 Å². The lowest BCUT2D eigenvalue weighted by Gasteiger charge is -2.31. The predicted octanol–water partition coefficient (Wildman–Crippen LogP) is 2.29. The summed E-state index contributed by atoms with van der Waals surface area (Å²) in [5, 5.41) is 19.7. The van der Waals surface area contributed by atoms with Crippen LogP contribution in [0.5, 0.6) is 0 Å². The summed E-state index contributed by atoms with van der Waals surface area (Å²) in [6, 6.07) is 3.91. The van der Waals surface area contributed by atoms with Crippen molar-refractivity contribution in [2.24, 2.45) is 5.92 Å². The Hall–Kier alpha value is -1.96. The molecular weight excluding hydrogens is 344 g/mol. The van der Waals surface area contributed by atoms with Crippen LogP contribution in [0.4, 0.5) is 5.69 Å². The predicted molar refractivity (Wildman–Crippen MR) is 77.1 cm³/mol. The van der Waals surface area contributed by atoms with Crippen LogP contribution >= 0.6 is 15.9 Å². The molecule has 1 aromatic carbocycles. The number of carboxylic acid groups (broad SMARTS) is 1.